The fourth-order valence-corrected chi connectivity index (χ4v) is 17.8. The summed E-state index contributed by atoms with van der Waals surface area (Å²) in [5, 5.41) is 8.91. The third-order valence-electron chi connectivity index (χ3n) is 25.1. The second-order valence-corrected chi connectivity index (χ2v) is 33.9. The molecule has 3 N–H and O–H groups in total. The number of ether oxygens (including phenoxy) is 3. The number of alkyl halides is 3. The average Bonchev–Trinajstić information content (AvgIpc) is 1.73. The Morgan fingerprint density at radius 3 is 1.90 bits per heavy atom. The summed E-state index contributed by atoms with van der Waals surface area (Å²) in [7, 11) is 11.3. The summed E-state index contributed by atoms with van der Waals surface area (Å²) >= 11 is 0. The van der Waals surface area contributed by atoms with Gasteiger partial charge in [-0.3, -0.25) is 57.5 Å². The number of nitrogens with one attached hydrogen (secondary N) is 3. The first-order valence-corrected chi connectivity index (χ1v) is 40.2. The lowest BCUT2D eigenvalue weighted by Gasteiger charge is -2.54. The minimum atomic E-state index is -4.52. The standard InChI is InChI=1S/C79H127F3N12O15/c1-16-49(5)67-75(105)93(53-32-33-53)44-66(97)88(11)57-25-20-19-21-36-92(74(57)104)61(38-51-28-26-48(4)27-29-51)72(102)87(10)43-64(95)83-56(35-31-52-30-34-55(79(80,81)82)63(39-52)107-15)70(100)94-42-54(109-18-3)40-58(94)69(99)85-78(46-77(6,7)47-78)76(106)91(14)59(37-50-23-22-24-50)73(103)90(13)60(71(101)86(8)9)41-65(96)89(12)62(45-108-17-2)68(98)84-67/h19-20,48-63,67H,16-18,21-47H2,1-15H3,(H,83,95)(H,84,98)(H,85,99)/b20-19-/t48?,49-,51?,52?,54+,55?,56-,57+,58+,59+,60-,61-,62-,63?,67-/m0/s1. The number of nitrogens with zero attached hydrogens (tertiary/aromatic N) is 9. The highest BCUT2D eigenvalue weighted by Crippen LogP contribution is 2.50. The molecule has 27 nitrogen and oxygen atoms in total. The van der Waals surface area contributed by atoms with Crippen LogP contribution >= 0.6 is 0 Å². The highest BCUT2D eigenvalue weighted by atomic mass is 19.4. The summed E-state index contributed by atoms with van der Waals surface area (Å²) in [6, 6.07) is -10.8. The molecule has 5 aliphatic carbocycles. The molecule has 109 heavy (non-hydrogen) atoms. The van der Waals surface area contributed by atoms with Crippen molar-refractivity contribution in [3.05, 3.63) is 12.2 Å². The van der Waals surface area contributed by atoms with Gasteiger partial charge in [0.05, 0.1) is 37.7 Å². The van der Waals surface area contributed by atoms with Crippen molar-refractivity contribution in [2.45, 2.75) is 274 Å². The van der Waals surface area contributed by atoms with Crippen molar-refractivity contribution >= 4 is 70.9 Å². The minimum absolute atomic E-state index is 0.00915. The number of amides is 12. The number of hydrogen-bond acceptors (Lipinski definition) is 15. The van der Waals surface area contributed by atoms with Gasteiger partial charge in [0.15, 0.2) is 0 Å². The highest BCUT2D eigenvalue weighted by molar-refractivity contribution is 6.01. The number of carbonyl (C=O) groups is 12. The quantitative estimate of drug-likeness (QED) is 0.147. The number of hydrogen-bond donors (Lipinski definition) is 3. The maximum atomic E-state index is 15.8. The maximum absolute atomic E-state index is 15.8. The van der Waals surface area contributed by atoms with Crippen LogP contribution in [-0.4, -0.2) is 296 Å². The Kier molecular flexibility index (Phi) is 30.6. The summed E-state index contributed by atoms with van der Waals surface area (Å²) in [5.74, 6) is -10.2. The normalized spacial score (nSPS) is 32.0. The lowest BCUT2D eigenvalue weighted by molar-refractivity contribution is -0.215. The molecular weight excluding hydrogens is 1410 g/mol. The van der Waals surface area contributed by atoms with Crippen molar-refractivity contribution in [2.75, 3.05) is 102 Å². The van der Waals surface area contributed by atoms with Gasteiger partial charge in [0, 0.05) is 95.2 Å². The smallest absolute Gasteiger partial charge is 0.381 e. The molecule has 0 aromatic heterocycles. The van der Waals surface area contributed by atoms with Crippen molar-refractivity contribution in [3.8, 4) is 0 Å². The molecular formula is C79H127F3N12O15. The number of carbonyl (C=O) groups excluding carboxylic acids is 12. The van der Waals surface area contributed by atoms with Gasteiger partial charge in [-0.25, -0.2) is 0 Å². The van der Waals surface area contributed by atoms with E-state index in [1.165, 1.54) is 90.7 Å². The molecule has 3 aliphatic heterocycles. The molecule has 0 aromatic rings. The van der Waals surface area contributed by atoms with Crippen LogP contribution in [0.1, 0.15) is 196 Å². The summed E-state index contributed by atoms with van der Waals surface area (Å²) < 4.78 is 60.5. The Hall–Kier alpha value is -6.95. The van der Waals surface area contributed by atoms with E-state index in [2.05, 4.69) is 22.9 Å². The van der Waals surface area contributed by atoms with E-state index >= 15 is 47.9 Å². The first-order valence-electron chi connectivity index (χ1n) is 40.2. The molecule has 5 saturated carbocycles. The topological polar surface area (TPSA) is 298 Å². The van der Waals surface area contributed by atoms with Crippen LogP contribution in [0.5, 0.6) is 0 Å². The van der Waals surface area contributed by atoms with Crippen LogP contribution in [-0.2, 0) is 71.7 Å². The van der Waals surface area contributed by atoms with Crippen molar-refractivity contribution in [3.63, 3.8) is 0 Å². The van der Waals surface area contributed by atoms with Gasteiger partial charge in [0.1, 0.15) is 60.4 Å². The Morgan fingerprint density at radius 1 is 0.661 bits per heavy atom. The largest absolute Gasteiger partial charge is 0.394 e. The molecule has 0 aromatic carbocycles. The predicted molar refractivity (Wildman–Crippen MR) is 400 cm³/mol. The van der Waals surface area contributed by atoms with Gasteiger partial charge in [-0.05, 0) is 132 Å². The number of likely N-dealkylation sites (N-methyl/N-ethyl adjacent to an activating group) is 6. The summed E-state index contributed by atoms with van der Waals surface area (Å²) in [6.45, 7) is 11.9. The van der Waals surface area contributed by atoms with Gasteiger partial charge >= 0.3 is 6.18 Å². The van der Waals surface area contributed by atoms with E-state index in [1.54, 1.807) is 26.8 Å². The molecule has 2 saturated heterocycles. The van der Waals surface area contributed by atoms with E-state index < -0.39 is 192 Å². The Morgan fingerprint density at radius 2 is 1.31 bits per heavy atom. The third kappa shape index (κ3) is 21.6. The van der Waals surface area contributed by atoms with Crippen molar-refractivity contribution in [1.29, 1.82) is 0 Å². The van der Waals surface area contributed by atoms with E-state index in [0.717, 1.165) is 54.7 Å². The average molecular weight is 1540 g/mol. The number of halogens is 3. The van der Waals surface area contributed by atoms with Crippen LogP contribution < -0.4 is 16.0 Å². The fourth-order valence-electron chi connectivity index (χ4n) is 17.8. The Balaban J connectivity index is 1.22. The minimum Gasteiger partial charge on any atom is -0.381 e. The number of methoxy groups -OCH3 is 1. The molecule has 3 unspecified atom stereocenters. The number of fused-ring (bicyclic) bond motifs is 3. The molecule has 13 atom stereocenters. The number of rotatable bonds is 17. The second kappa shape index (κ2) is 38.0. The molecule has 7 fully saturated rings. The SMILES string of the molecule is CCOC[C@H]1C(=O)N[C@@H]([C@@H](C)CC)C(=O)N(C2CC2)CC(=O)N(C)[C@@H]2C/C=C\CCN(C2=O)[C@@H](CC2CCC(C)CC2)C(=O)N(C)CC(=O)N[C@@H](CCC2CCC(C(F)(F)F)C(OC)C2)C(=O)N2C[C@H](OCC)C[C@@H]2C(=O)NC2(CC(C)(C)C2)C(=O)N(C)[C@H](CC2CCC2)C(=O)N(C)[C@H](C(=O)N(C)C)CC(=O)N1C. The van der Waals surface area contributed by atoms with E-state index in [-0.39, 0.29) is 115 Å². The maximum Gasteiger partial charge on any atom is 0.394 e. The van der Waals surface area contributed by atoms with Gasteiger partial charge in [0.25, 0.3) is 0 Å². The molecule has 2 bridgehead atoms. The monoisotopic (exact) mass is 1540 g/mol. The van der Waals surface area contributed by atoms with Crippen molar-refractivity contribution in [1.82, 2.24) is 60.0 Å². The molecule has 0 radical (unpaired) electrons. The van der Waals surface area contributed by atoms with E-state index in [1.807, 2.05) is 26.8 Å². The molecule has 30 heteroatoms. The van der Waals surface area contributed by atoms with Crippen LogP contribution in [0.4, 0.5) is 13.2 Å². The summed E-state index contributed by atoms with van der Waals surface area (Å²) in [5.41, 5.74) is -2.19. The highest BCUT2D eigenvalue weighted by Gasteiger charge is 2.59. The molecule has 8 aliphatic rings. The lowest BCUT2D eigenvalue weighted by Crippen LogP contribution is -2.71. The van der Waals surface area contributed by atoms with Crippen molar-refractivity contribution < 1.29 is 84.9 Å². The molecule has 1 spiro atoms. The molecule has 12 amide bonds. The second-order valence-electron chi connectivity index (χ2n) is 33.9. The van der Waals surface area contributed by atoms with E-state index in [0.29, 0.717) is 31.6 Å². The van der Waals surface area contributed by atoms with Crippen LogP contribution in [0.2, 0.25) is 0 Å². The van der Waals surface area contributed by atoms with Crippen LogP contribution in [0, 0.1) is 40.9 Å². The van der Waals surface area contributed by atoms with Gasteiger partial charge in [-0.1, -0.05) is 98.1 Å². The fraction of sp³-hybridized carbons (Fsp3) is 0.823. The predicted octanol–water partition coefficient (Wildman–Crippen LogP) is 5.70. The lowest BCUT2D eigenvalue weighted by atomic mass is 9.58. The zero-order valence-electron chi connectivity index (χ0n) is 67.5. The molecule has 8 rings (SSSR count). The third-order valence-corrected chi connectivity index (χ3v) is 25.1. The Labute approximate surface area is 643 Å². The van der Waals surface area contributed by atoms with Gasteiger partial charge < -0.3 is 74.3 Å². The van der Waals surface area contributed by atoms with Crippen molar-refractivity contribution in [2.24, 2.45) is 40.9 Å². The zero-order valence-corrected chi connectivity index (χ0v) is 67.5. The van der Waals surface area contributed by atoms with E-state index in [9.17, 15) is 22.8 Å². The molecule has 3 heterocycles. The first-order chi connectivity index (χ1) is 51.4. The van der Waals surface area contributed by atoms with Gasteiger partial charge in [-0.15, -0.1) is 0 Å². The summed E-state index contributed by atoms with van der Waals surface area (Å²) in [6.07, 6.45) is 4.66. The van der Waals surface area contributed by atoms with Gasteiger partial charge in [0.2, 0.25) is 70.9 Å². The van der Waals surface area contributed by atoms with Crippen LogP contribution in [0.15, 0.2) is 12.2 Å². The molecule has 614 valence electrons. The van der Waals surface area contributed by atoms with Gasteiger partial charge in [-0.2, -0.15) is 13.2 Å². The zero-order chi connectivity index (χ0) is 80.3. The van der Waals surface area contributed by atoms with Crippen LogP contribution in [0.25, 0.3) is 0 Å². The van der Waals surface area contributed by atoms with Crippen LogP contribution in [0.3, 0.4) is 0 Å². The summed E-state index contributed by atoms with van der Waals surface area (Å²) in [4.78, 5) is 195. The Bertz CT molecular complexity index is 3260. The van der Waals surface area contributed by atoms with E-state index in [4.69, 9.17) is 14.2 Å². The first kappa shape index (κ1) is 87.6.